The lowest BCUT2D eigenvalue weighted by atomic mass is 10.2. The summed E-state index contributed by atoms with van der Waals surface area (Å²) in [7, 11) is 5.41. The third-order valence-electron chi connectivity index (χ3n) is 7.99. The van der Waals surface area contributed by atoms with Crippen molar-refractivity contribution in [1.82, 2.24) is 55.8 Å². The molecule has 17 heteroatoms. The van der Waals surface area contributed by atoms with Gasteiger partial charge in [-0.05, 0) is 68.1 Å². The molecule has 0 bridgehead atoms. The van der Waals surface area contributed by atoms with E-state index in [1.165, 1.54) is 0 Å². The van der Waals surface area contributed by atoms with E-state index < -0.39 is 0 Å². The molecule has 0 unspecified atom stereocenters. The van der Waals surface area contributed by atoms with Crippen molar-refractivity contribution >= 4 is 0 Å². The molecule has 0 saturated carbocycles. The lowest BCUT2D eigenvalue weighted by Crippen LogP contribution is -2.23. The van der Waals surface area contributed by atoms with Gasteiger partial charge in [-0.15, -0.1) is 0 Å². The fourth-order valence-corrected chi connectivity index (χ4v) is 5.16. The van der Waals surface area contributed by atoms with Crippen molar-refractivity contribution in [3.63, 3.8) is 0 Å². The highest BCUT2D eigenvalue weighted by molar-refractivity contribution is 5.15. The van der Waals surface area contributed by atoms with Crippen LogP contribution in [0, 0.1) is 27.7 Å². The SMILES string of the molecule is CCCc1[nH]c(=O)c(CNC)nc1C.CCCc1[nH]c(=O)c(CNC)nc1C.CCCc1[nH]c(=O)c(CNC)nc1C.Cc1nc(CN)c(=O)[nH]c1CN. The Labute approximate surface area is 317 Å². The Morgan fingerprint density at radius 2 is 0.704 bits per heavy atom. The van der Waals surface area contributed by atoms with E-state index in [0.717, 1.165) is 78.4 Å². The molecule has 0 radical (unpaired) electrons. The van der Waals surface area contributed by atoms with Crippen LogP contribution in [-0.2, 0) is 52.0 Å². The molecule has 4 aromatic rings. The topological polar surface area (TPSA) is 271 Å². The lowest BCUT2D eigenvalue weighted by molar-refractivity contribution is 0.749. The van der Waals surface area contributed by atoms with E-state index in [1.54, 1.807) is 28.1 Å². The van der Waals surface area contributed by atoms with E-state index in [2.05, 4.69) is 76.6 Å². The average molecular weight is 754 g/mol. The number of nitrogens with two attached hydrogens (primary N) is 2. The minimum absolute atomic E-state index is 0.0756. The van der Waals surface area contributed by atoms with Gasteiger partial charge in [-0.2, -0.15) is 0 Å². The Hall–Kier alpha value is -4.68. The van der Waals surface area contributed by atoms with E-state index in [4.69, 9.17) is 11.5 Å². The maximum Gasteiger partial charge on any atom is 0.271 e. The summed E-state index contributed by atoms with van der Waals surface area (Å²) in [6.45, 7) is 15.8. The number of rotatable bonds is 14. The van der Waals surface area contributed by atoms with Gasteiger partial charge in [-0.3, -0.25) is 19.2 Å². The van der Waals surface area contributed by atoms with Crippen LogP contribution in [0.25, 0.3) is 0 Å². The molecule has 4 rings (SSSR count). The van der Waals surface area contributed by atoms with Crippen molar-refractivity contribution in [2.75, 3.05) is 21.1 Å². The number of aromatic amines is 4. The summed E-state index contributed by atoms with van der Waals surface area (Å²) in [6, 6.07) is 0. The van der Waals surface area contributed by atoms with Gasteiger partial charge in [0.25, 0.3) is 22.2 Å². The van der Waals surface area contributed by atoms with Crippen LogP contribution < -0.4 is 49.7 Å². The zero-order chi connectivity index (χ0) is 40.8. The van der Waals surface area contributed by atoms with E-state index in [1.807, 2.05) is 20.8 Å². The van der Waals surface area contributed by atoms with Crippen LogP contribution in [0.3, 0.4) is 0 Å². The predicted molar refractivity (Wildman–Crippen MR) is 214 cm³/mol. The number of H-pyrrole nitrogens is 4. The minimum atomic E-state index is -0.247. The summed E-state index contributed by atoms with van der Waals surface area (Å²) in [4.78, 5) is 73.7. The Morgan fingerprint density at radius 3 is 0.963 bits per heavy atom. The fraction of sp³-hybridized carbons (Fsp3) is 0.568. The van der Waals surface area contributed by atoms with Crippen molar-refractivity contribution in [2.45, 2.75) is 120 Å². The number of aryl methyl sites for hydroxylation is 7. The van der Waals surface area contributed by atoms with Crippen LogP contribution in [0.4, 0.5) is 0 Å². The molecule has 0 aliphatic heterocycles. The number of nitrogens with one attached hydrogen (secondary N) is 7. The number of hydrogen-bond donors (Lipinski definition) is 9. The molecule has 0 aromatic carbocycles. The van der Waals surface area contributed by atoms with E-state index in [0.29, 0.717) is 54.6 Å². The number of hydrogen-bond acceptors (Lipinski definition) is 13. The van der Waals surface area contributed by atoms with E-state index in [-0.39, 0.29) is 28.8 Å². The third-order valence-corrected chi connectivity index (χ3v) is 7.99. The molecule has 4 heterocycles. The smallest absolute Gasteiger partial charge is 0.271 e. The van der Waals surface area contributed by atoms with Gasteiger partial charge in [0.15, 0.2) is 0 Å². The van der Waals surface area contributed by atoms with Gasteiger partial charge >= 0.3 is 0 Å². The zero-order valence-electron chi connectivity index (χ0n) is 33.9. The van der Waals surface area contributed by atoms with Gasteiger partial charge in [0.2, 0.25) is 0 Å². The fourth-order valence-electron chi connectivity index (χ4n) is 5.16. The first-order chi connectivity index (χ1) is 25.7. The van der Waals surface area contributed by atoms with Gasteiger partial charge in [0.05, 0.1) is 28.5 Å². The van der Waals surface area contributed by atoms with Gasteiger partial charge < -0.3 is 47.4 Å². The number of aromatic nitrogens is 8. The zero-order valence-corrected chi connectivity index (χ0v) is 33.9. The summed E-state index contributed by atoms with van der Waals surface area (Å²) in [5.41, 5.74) is 19.3. The largest absolute Gasteiger partial charge is 0.325 e. The number of nitrogens with zero attached hydrogens (tertiary/aromatic N) is 4. The molecule has 11 N–H and O–H groups in total. The molecule has 0 aliphatic rings. The normalized spacial score (nSPS) is 10.4. The van der Waals surface area contributed by atoms with Gasteiger partial charge in [0.1, 0.15) is 22.8 Å². The van der Waals surface area contributed by atoms with Crippen LogP contribution in [0.15, 0.2) is 19.2 Å². The van der Waals surface area contributed by atoms with Crippen molar-refractivity contribution in [3.05, 3.63) is 110 Å². The second-order valence-corrected chi connectivity index (χ2v) is 12.6. The predicted octanol–water partition coefficient (Wildman–Crippen LogP) is 1.25. The molecule has 300 valence electrons. The first-order valence-corrected chi connectivity index (χ1v) is 18.4. The lowest BCUT2D eigenvalue weighted by Gasteiger charge is -2.05. The minimum Gasteiger partial charge on any atom is -0.325 e. The average Bonchev–Trinajstić information content (AvgIpc) is 3.13. The third kappa shape index (κ3) is 15.4. The van der Waals surface area contributed by atoms with Gasteiger partial charge in [-0.1, -0.05) is 40.0 Å². The quantitative estimate of drug-likeness (QED) is 0.0879. The highest BCUT2D eigenvalue weighted by Gasteiger charge is 2.08. The molecule has 17 nitrogen and oxygen atoms in total. The maximum atomic E-state index is 11.5. The van der Waals surface area contributed by atoms with Crippen molar-refractivity contribution < 1.29 is 0 Å². The van der Waals surface area contributed by atoms with Crippen molar-refractivity contribution in [3.8, 4) is 0 Å². The molecule has 0 spiro atoms. The highest BCUT2D eigenvalue weighted by Crippen LogP contribution is 2.04. The summed E-state index contributed by atoms with van der Waals surface area (Å²) in [5.74, 6) is 0. The molecule has 0 fully saturated rings. The molecular formula is C37H63N13O4. The van der Waals surface area contributed by atoms with Crippen molar-refractivity contribution in [1.29, 1.82) is 0 Å². The van der Waals surface area contributed by atoms with E-state index >= 15 is 0 Å². The van der Waals surface area contributed by atoms with Crippen LogP contribution in [-0.4, -0.2) is 61.0 Å². The molecule has 0 aliphatic carbocycles. The molecule has 0 amide bonds. The molecule has 0 atom stereocenters. The molecule has 0 saturated heterocycles. The first kappa shape index (κ1) is 47.3. The Kier molecular flexibility index (Phi) is 22.2. The van der Waals surface area contributed by atoms with Gasteiger partial charge in [-0.25, -0.2) is 19.9 Å². The van der Waals surface area contributed by atoms with E-state index in [9.17, 15) is 19.2 Å². The molecule has 4 aromatic heterocycles. The van der Waals surface area contributed by atoms with Crippen LogP contribution in [0.5, 0.6) is 0 Å². The summed E-state index contributed by atoms with van der Waals surface area (Å²) >= 11 is 0. The van der Waals surface area contributed by atoms with Crippen LogP contribution in [0.2, 0.25) is 0 Å². The van der Waals surface area contributed by atoms with Crippen molar-refractivity contribution in [2.24, 2.45) is 11.5 Å². The summed E-state index contributed by atoms with van der Waals surface area (Å²) in [6.07, 6.45) is 5.70. The van der Waals surface area contributed by atoms with Gasteiger partial charge in [0, 0.05) is 49.8 Å². The Balaban J connectivity index is 0.000000361. The Bertz CT molecular complexity index is 1800. The molecular weight excluding hydrogens is 690 g/mol. The van der Waals surface area contributed by atoms with Crippen LogP contribution in [0.1, 0.15) is 108 Å². The first-order valence-electron chi connectivity index (χ1n) is 18.4. The maximum absolute atomic E-state index is 11.5. The Morgan fingerprint density at radius 1 is 0.444 bits per heavy atom. The summed E-state index contributed by atoms with van der Waals surface area (Å²) in [5, 5.41) is 8.76. The monoisotopic (exact) mass is 754 g/mol. The second-order valence-electron chi connectivity index (χ2n) is 12.6. The standard InChI is InChI=1S/3C10H17N3O.C7H12N4O/c3*1-4-5-8-7(2)12-9(6-11-3)10(14)13-8;1-4-5(2-8)11-7(12)6(3-9)10-4/h3*11H,4-6H2,1-3H3,(H,13,14);2-3,8-9H2,1H3,(H,11,12). The highest BCUT2D eigenvalue weighted by atomic mass is 16.1. The second kappa shape index (κ2) is 25.4. The van der Waals surface area contributed by atoms with Crippen LogP contribution >= 0.6 is 0 Å². The molecule has 54 heavy (non-hydrogen) atoms. The summed E-state index contributed by atoms with van der Waals surface area (Å²) < 4.78 is 0.